The van der Waals surface area contributed by atoms with E-state index in [4.69, 9.17) is 4.74 Å². The first-order chi connectivity index (χ1) is 9.86. The predicted octanol–water partition coefficient (Wildman–Crippen LogP) is 1.98. The lowest BCUT2D eigenvalue weighted by Crippen LogP contribution is -2.51. The van der Waals surface area contributed by atoms with Crippen molar-refractivity contribution in [2.75, 3.05) is 13.2 Å². The Morgan fingerprint density at radius 3 is 2.86 bits per heavy atom. The van der Waals surface area contributed by atoms with E-state index in [9.17, 15) is 13.5 Å². The van der Waals surface area contributed by atoms with E-state index in [1.807, 2.05) is 13.8 Å². The van der Waals surface area contributed by atoms with Crippen LogP contribution >= 0.6 is 0 Å². The molecule has 118 valence electrons. The second-order valence-electron chi connectivity index (χ2n) is 5.82. The van der Waals surface area contributed by atoms with Crippen LogP contribution in [0, 0.1) is 0 Å². The molecule has 2 atom stereocenters. The van der Waals surface area contributed by atoms with Gasteiger partial charge in [0.25, 0.3) is 0 Å². The fourth-order valence-corrected chi connectivity index (χ4v) is 4.00. The van der Waals surface area contributed by atoms with E-state index in [2.05, 4.69) is 4.72 Å². The van der Waals surface area contributed by atoms with E-state index in [-0.39, 0.29) is 4.90 Å². The summed E-state index contributed by atoms with van der Waals surface area (Å²) >= 11 is 0. The summed E-state index contributed by atoms with van der Waals surface area (Å²) in [5, 5.41) is 9.86. The van der Waals surface area contributed by atoms with Crippen LogP contribution in [0.25, 0.3) is 0 Å². The van der Waals surface area contributed by atoms with Gasteiger partial charge in [0.1, 0.15) is 0 Å². The third kappa shape index (κ3) is 4.03. The fourth-order valence-electron chi connectivity index (χ4n) is 2.52. The maximum atomic E-state index is 12.5. The zero-order chi connectivity index (χ0) is 15.5. The van der Waals surface area contributed by atoms with Gasteiger partial charge in [-0.1, -0.05) is 19.1 Å². The Labute approximate surface area is 126 Å². The average molecular weight is 313 g/mol. The Morgan fingerprint density at radius 2 is 2.24 bits per heavy atom. The van der Waals surface area contributed by atoms with Crippen LogP contribution in [0.4, 0.5) is 0 Å². The van der Waals surface area contributed by atoms with Crippen LogP contribution in [0.1, 0.15) is 44.8 Å². The highest BCUT2D eigenvalue weighted by Crippen LogP contribution is 2.24. The number of sulfonamides is 1. The van der Waals surface area contributed by atoms with Gasteiger partial charge in [-0.15, -0.1) is 0 Å². The molecule has 0 spiro atoms. The van der Waals surface area contributed by atoms with Crippen molar-refractivity contribution in [1.29, 1.82) is 0 Å². The first kappa shape index (κ1) is 16.4. The summed E-state index contributed by atoms with van der Waals surface area (Å²) in [5.74, 6) is 0. The van der Waals surface area contributed by atoms with E-state index in [1.54, 1.807) is 18.2 Å². The molecule has 1 aliphatic rings. The molecule has 0 bridgehead atoms. The number of ether oxygens (including phenoxy) is 1. The summed E-state index contributed by atoms with van der Waals surface area (Å²) in [6.45, 7) is 4.76. The minimum Gasteiger partial charge on any atom is -0.388 e. The predicted molar refractivity (Wildman–Crippen MR) is 80.5 cm³/mol. The second kappa shape index (κ2) is 6.44. The van der Waals surface area contributed by atoms with Crippen molar-refractivity contribution in [3.05, 3.63) is 29.8 Å². The summed E-state index contributed by atoms with van der Waals surface area (Å²) in [6.07, 6.45) is 1.49. The molecule has 2 N–H and O–H groups in total. The minimum absolute atomic E-state index is 0.180. The standard InChI is InChI=1S/C15H23NO4S/c1-3-14(17)12-6-4-7-13(10-12)21(18,19)16-15(2)8-5-9-20-11-15/h4,6-7,10,14,16-17H,3,5,8-9,11H2,1-2H3. The first-order valence-corrected chi connectivity index (χ1v) is 8.74. The Bertz CT molecular complexity index is 579. The number of hydrogen-bond acceptors (Lipinski definition) is 4. The lowest BCUT2D eigenvalue weighted by molar-refractivity contribution is 0.0386. The number of aliphatic hydroxyl groups is 1. The molecular weight excluding hydrogens is 290 g/mol. The van der Waals surface area contributed by atoms with Crippen LogP contribution < -0.4 is 4.72 Å². The molecule has 1 fully saturated rings. The molecule has 0 radical (unpaired) electrons. The molecule has 1 saturated heterocycles. The van der Waals surface area contributed by atoms with Crippen molar-refractivity contribution in [3.8, 4) is 0 Å². The van der Waals surface area contributed by atoms with Gasteiger partial charge in [-0.25, -0.2) is 13.1 Å². The number of nitrogens with one attached hydrogen (secondary N) is 1. The Morgan fingerprint density at radius 1 is 1.48 bits per heavy atom. The van der Waals surface area contributed by atoms with Gasteiger partial charge in [-0.05, 0) is 43.9 Å². The van der Waals surface area contributed by atoms with Crippen molar-refractivity contribution in [2.45, 2.75) is 49.6 Å². The lowest BCUT2D eigenvalue weighted by atomic mass is 9.97. The lowest BCUT2D eigenvalue weighted by Gasteiger charge is -2.33. The highest BCUT2D eigenvalue weighted by molar-refractivity contribution is 7.89. The van der Waals surface area contributed by atoms with Gasteiger partial charge in [-0.3, -0.25) is 0 Å². The Hall–Kier alpha value is -0.950. The zero-order valence-corrected chi connectivity index (χ0v) is 13.3. The SMILES string of the molecule is CCC(O)c1cccc(S(=O)(=O)NC2(C)CCCOC2)c1. The molecule has 1 aromatic carbocycles. The van der Waals surface area contributed by atoms with E-state index in [0.717, 1.165) is 12.8 Å². The van der Waals surface area contributed by atoms with Crippen LogP contribution in [0.2, 0.25) is 0 Å². The molecule has 0 aliphatic carbocycles. The summed E-state index contributed by atoms with van der Waals surface area (Å²) in [6, 6.07) is 6.46. The number of benzene rings is 1. The molecule has 2 rings (SSSR count). The van der Waals surface area contributed by atoms with Gasteiger partial charge in [0.15, 0.2) is 0 Å². The zero-order valence-electron chi connectivity index (χ0n) is 12.5. The van der Waals surface area contributed by atoms with E-state index in [1.165, 1.54) is 6.07 Å². The highest BCUT2D eigenvalue weighted by atomic mass is 32.2. The maximum Gasteiger partial charge on any atom is 0.241 e. The molecule has 1 aromatic rings. The van der Waals surface area contributed by atoms with Gasteiger partial charge in [0.05, 0.1) is 23.1 Å². The molecule has 0 saturated carbocycles. The van der Waals surface area contributed by atoms with Crippen LogP contribution in [0.5, 0.6) is 0 Å². The van der Waals surface area contributed by atoms with E-state index in [0.29, 0.717) is 25.2 Å². The van der Waals surface area contributed by atoms with Gasteiger partial charge in [0.2, 0.25) is 10.0 Å². The van der Waals surface area contributed by atoms with Crippen molar-refractivity contribution >= 4 is 10.0 Å². The van der Waals surface area contributed by atoms with Crippen LogP contribution in [-0.4, -0.2) is 32.3 Å². The molecule has 2 unspecified atom stereocenters. The van der Waals surface area contributed by atoms with Crippen molar-refractivity contribution in [2.24, 2.45) is 0 Å². The van der Waals surface area contributed by atoms with Crippen LogP contribution in [0.3, 0.4) is 0 Å². The second-order valence-corrected chi connectivity index (χ2v) is 7.50. The van der Waals surface area contributed by atoms with Crippen LogP contribution in [-0.2, 0) is 14.8 Å². The van der Waals surface area contributed by atoms with Crippen LogP contribution in [0.15, 0.2) is 29.2 Å². The number of aliphatic hydroxyl groups excluding tert-OH is 1. The number of rotatable bonds is 5. The Balaban J connectivity index is 2.23. The molecule has 6 heteroatoms. The van der Waals surface area contributed by atoms with Crippen molar-refractivity contribution in [1.82, 2.24) is 4.72 Å². The largest absolute Gasteiger partial charge is 0.388 e. The monoisotopic (exact) mass is 313 g/mol. The molecule has 5 nitrogen and oxygen atoms in total. The van der Waals surface area contributed by atoms with Gasteiger partial charge < -0.3 is 9.84 Å². The van der Waals surface area contributed by atoms with Gasteiger partial charge in [0, 0.05) is 6.61 Å². The summed E-state index contributed by atoms with van der Waals surface area (Å²) < 4.78 is 33.2. The molecule has 1 heterocycles. The molecule has 0 amide bonds. The normalized spacial score (nSPS) is 24.7. The smallest absolute Gasteiger partial charge is 0.241 e. The molecule has 0 aromatic heterocycles. The third-order valence-electron chi connectivity index (χ3n) is 3.76. The third-order valence-corrected chi connectivity index (χ3v) is 5.39. The quantitative estimate of drug-likeness (QED) is 0.871. The topological polar surface area (TPSA) is 75.6 Å². The average Bonchev–Trinajstić information content (AvgIpc) is 2.46. The van der Waals surface area contributed by atoms with Crippen molar-refractivity contribution in [3.63, 3.8) is 0 Å². The fraction of sp³-hybridized carbons (Fsp3) is 0.600. The first-order valence-electron chi connectivity index (χ1n) is 7.26. The molecular formula is C15H23NO4S. The van der Waals surface area contributed by atoms with E-state index < -0.39 is 21.7 Å². The summed E-state index contributed by atoms with van der Waals surface area (Å²) in [7, 11) is -3.62. The summed E-state index contributed by atoms with van der Waals surface area (Å²) in [5.41, 5.74) is 0.0432. The van der Waals surface area contributed by atoms with E-state index >= 15 is 0 Å². The summed E-state index contributed by atoms with van der Waals surface area (Å²) in [4.78, 5) is 0.180. The van der Waals surface area contributed by atoms with Crippen molar-refractivity contribution < 1.29 is 18.3 Å². The molecule has 21 heavy (non-hydrogen) atoms. The number of hydrogen-bond donors (Lipinski definition) is 2. The highest BCUT2D eigenvalue weighted by Gasteiger charge is 2.33. The maximum absolute atomic E-state index is 12.5. The molecule has 1 aliphatic heterocycles. The Kier molecular flexibility index (Phi) is 5.03. The van der Waals surface area contributed by atoms with Gasteiger partial charge in [-0.2, -0.15) is 0 Å². The van der Waals surface area contributed by atoms with Gasteiger partial charge >= 0.3 is 0 Å². The minimum atomic E-state index is -3.62.